The van der Waals surface area contributed by atoms with E-state index in [2.05, 4.69) is 15.1 Å². The number of benzene rings is 2. The second-order valence-corrected chi connectivity index (χ2v) is 9.01. The fraction of sp³-hybridized carbons (Fsp3) is 0.273. The third-order valence-corrected chi connectivity index (χ3v) is 6.40. The van der Waals surface area contributed by atoms with Crippen LogP contribution in [0.2, 0.25) is 0 Å². The number of aryl methyl sites for hydroxylation is 1. The minimum absolute atomic E-state index is 0.108. The number of amides is 1. The lowest BCUT2D eigenvalue weighted by atomic mass is 10.2. The van der Waals surface area contributed by atoms with Crippen molar-refractivity contribution < 1.29 is 17.9 Å². The molecule has 0 bridgehead atoms. The van der Waals surface area contributed by atoms with Gasteiger partial charge in [-0.1, -0.05) is 18.2 Å². The smallest absolute Gasteiger partial charge is 0.259 e. The van der Waals surface area contributed by atoms with Gasteiger partial charge in [-0.3, -0.25) is 4.79 Å². The summed E-state index contributed by atoms with van der Waals surface area (Å²) in [6.45, 7) is 5.80. The van der Waals surface area contributed by atoms with Crippen LogP contribution < -0.4 is 10.0 Å². The maximum Gasteiger partial charge on any atom is 0.259 e. The van der Waals surface area contributed by atoms with E-state index in [1.54, 1.807) is 23.7 Å². The Morgan fingerprint density at radius 2 is 1.81 bits per heavy atom. The third kappa shape index (κ3) is 5.19. The number of aromatic nitrogens is 2. The summed E-state index contributed by atoms with van der Waals surface area (Å²) in [5.74, 6) is -0.320. The van der Waals surface area contributed by atoms with Crippen molar-refractivity contribution in [3.63, 3.8) is 0 Å². The van der Waals surface area contributed by atoms with E-state index in [9.17, 15) is 13.2 Å². The quantitative estimate of drug-likeness (QED) is 0.558. The number of carbonyl (C=O) groups excluding carboxylic acids is 1. The van der Waals surface area contributed by atoms with Gasteiger partial charge in [-0.05, 0) is 56.7 Å². The summed E-state index contributed by atoms with van der Waals surface area (Å²) in [6.07, 6.45) is 1.52. The molecular weight excluding hydrogens is 416 g/mol. The van der Waals surface area contributed by atoms with Crippen molar-refractivity contribution >= 4 is 21.6 Å². The van der Waals surface area contributed by atoms with E-state index in [1.165, 1.54) is 25.4 Å². The molecule has 1 amide bonds. The second kappa shape index (κ2) is 9.42. The van der Waals surface area contributed by atoms with Gasteiger partial charge < -0.3 is 10.1 Å². The lowest BCUT2D eigenvalue weighted by Gasteiger charge is -2.13. The molecule has 3 rings (SSSR count). The highest BCUT2D eigenvalue weighted by Crippen LogP contribution is 2.20. The number of nitrogens with zero attached hydrogens (tertiary/aromatic N) is 2. The Bertz CT molecular complexity index is 1170. The third-order valence-electron chi connectivity index (χ3n) is 4.79. The van der Waals surface area contributed by atoms with Crippen molar-refractivity contribution in [2.24, 2.45) is 0 Å². The fourth-order valence-electron chi connectivity index (χ4n) is 3.21. The van der Waals surface area contributed by atoms with E-state index < -0.39 is 10.0 Å². The molecule has 0 aliphatic carbocycles. The molecule has 9 heteroatoms. The summed E-state index contributed by atoms with van der Waals surface area (Å²) < 4.78 is 34.1. The minimum Gasteiger partial charge on any atom is -0.383 e. The molecule has 1 heterocycles. The van der Waals surface area contributed by atoms with E-state index >= 15 is 0 Å². The van der Waals surface area contributed by atoms with Crippen LogP contribution in [0.4, 0.5) is 5.69 Å². The lowest BCUT2D eigenvalue weighted by Crippen LogP contribution is -2.35. The van der Waals surface area contributed by atoms with Crippen LogP contribution in [-0.2, 0) is 14.8 Å². The molecule has 1 atom stereocenters. The van der Waals surface area contributed by atoms with Gasteiger partial charge in [-0.15, -0.1) is 0 Å². The van der Waals surface area contributed by atoms with Crippen LogP contribution in [0.15, 0.2) is 59.6 Å². The normalized spacial score (nSPS) is 12.5. The maximum atomic E-state index is 12.8. The number of anilines is 1. The van der Waals surface area contributed by atoms with Gasteiger partial charge in [0.1, 0.15) is 0 Å². The molecule has 2 N–H and O–H groups in total. The summed E-state index contributed by atoms with van der Waals surface area (Å²) in [7, 11) is -2.16. The molecule has 0 saturated carbocycles. The maximum absolute atomic E-state index is 12.8. The Balaban J connectivity index is 1.74. The van der Waals surface area contributed by atoms with Crippen LogP contribution >= 0.6 is 0 Å². The van der Waals surface area contributed by atoms with Crippen LogP contribution in [0.25, 0.3) is 5.69 Å². The van der Waals surface area contributed by atoms with Gasteiger partial charge in [0.05, 0.1) is 34.6 Å². The average Bonchev–Trinajstić information content (AvgIpc) is 3.10. The number of hydrogen-bond acceptors (Lipinski definition) is 5. The highest BCUT2D eigenvalue weighted by Gasteiger charge is 2.19. The Morgan fingerprint density at radius 3 is 2.45 bits per heavy atom. The highest BCUT2D eigenvalue weighted by atomic mass is 32.2. The molecule has 2 aromatic carbocycles. The van der Waals surface area contributed by atoms with Crippen LogP contribution in [0.5, 0.6) is 0 Å². The molecule has 164 valence electrons. The summed E-state index contributed by atoms with van der Waals surface area (Å²) in [5, 5.41) is 7.15. The number of nitrogens with one attached hydrogen (secondary N) is 2. The highest BCUT2D eigenvalue weighted by molar-refractivity contribution is 7.89. The lowest BCUT2D eigenvalue weighted by molar-refractivity contribution is 0.102. The van der Waals surface area contributed by atoms with Crippen molar-refractivity contribution in [1.29, 1.82) is 0 Å². The predicted octanol–water partition coefficient (Wildman–Crippen LogP) is 3.05. The van der Waals surface area contributed by atoms with E-state index in [1.807, 2.05) is 38.1 Å². The molecule has 0 fully saturated rings. The molecule has 3 aromatic rings. The van der Waals surface area contributed by atoms with Gasteiger partial charge in [0.2, 0.25) is 10.0 Å². The Labute approximate surface area is 182 Å². The Morgan fingerprint density at radius 1 is 1.13 bits per heavy atom. The predicted molar refractivity (Wildman–Crippen MR) is 119 cm³/mol. The fourth-order valence-corrected chi connectivity index (χ4v) is 4.44. The van der Waals surface area contributed by atoms with Crippen molar-refractivity contribution in [3.8, 4) is 5.69 Å². The van der Waals surface area contributed by atoms with E-state index in [0.717, 1.165) is 11.3 Å². The van der Waals surface area contributed by atoms with Gasteiger partial charge in [0.25, 0.3) is 5.91 Å². The SMILES string of the molecule is COCC(C)NS(=O)(=O)c1ccc(NC(=O)c2cnn(-c3ccccc3C)c2C)cc1. The Kier molecular flexibility index (Phi) is 6.89. The van der Waals surface area contributed by atoms with Crippen LogP contribution in [-0.4, -0.2) is 43.9 Å². The van der Waals surface area contributed by atoms with Crippen LogP contribution in [0.1, 0.15) is 28.5 Å². The first-order chi connectivity index (χ1) is 14.7. The molecule has 0 spiro atoms. The summed E-state index contributed by atoms with van der Waals surface area (Å²) in [5.41, 5.74) is 3.59. The monoisotopic (exact) mass is 442 g/mol. The number of hydrogen-bond donors (Lipinski definition) is 2. The summed E-state index contributed by atoms with van der Waals surface area (Å²) in [4.78, 5) is 12.9. The van der Waals surface area contributed by atoms with Crippen molar-refractivity contribution in [3.05, 3.63) is 71.5 Å². The van der Waals surface area contributed by atoms with E-state index in [-0.39, 0.29) is 23.5 Å². The largest absolute Gasteiger partial charge is 0.383 e. The molecule has 8 nitrogen and oxygen atoms in total. The molecule has 0 aliphatic rings. The molecule has 0 saturated heterocycles. The summed E-state index contributed by atoms with van der Waals surface area (Å²) >= 11 is 0. The van der Waals surface area contributed by atoms with Gasteiger partial charge in [-0.2, -0.15) is 5.10 Å². The van der Waals surface area contributed by atoms with Crippen molar-refractivity contribution in [2.45, 2.75) is 31.7 Å². The number of para-hydroxylation sites is 1. The van der Waals surface area contributed by atoms with Gasteiger partial charge in [0, 0.05) is 18.8 Å². The van der Waals surface area contributed by atoms with Gasteiger partial charge in [0.15, 0.2) is 0 Å². The average molecular weight is 443 g/mol. The van der Waals surface area contributed by atoms with Crippen LogP contribution in [0.3, 0.4) is 0 Å². The van der Waals surface area contributed by atoms with Gasteiger partial charge in [-0.25, -0.2) is 17.8 Å². The van der Waals surface area contributed by atoms with Crippen molar-refractivity contribution in [1.82, 2.24) is 14.5 Å². The van der Waals surface area contributed by atoms with Crippen LogP contribution in [0, 0.1) is 13.8 Å². The zero-order valence-corrected chi connectivity index (χ0v) is 18.7. The van der Waals surface area contributed by atoms with E-state index in [0.29, 0.717) is 16.9 Å². The number of methoxy groups -OCH3 is 1. The number of carbonyl (C=O) groups is 1. The minimum atomic E-state index is -3.67. The second-order valence-electron chi connectivity index (χ2n) is 7.30. The van der Waals surface area contributed by atoms with Crippen molar-refractivity contribution in [2.75, 3.05) is 19.0 Å². The Hall–Kier alpha value is -3.01. The first kappa shape index (κ1) is 22.7. The standard InChI is InChI=1S/C22H26N4O4S/c1-15-7-5-6-8-21(15)26-17(3)20(13-23-26)22(27)24-18-9-11-19(12-10-18)31(28,29)25-16(2)14-30-4/h5-13,16,25H,14H2,1-4H3,(H,24,27). The first-order valence-electron chi connectivity index (χ1n) is 9.76. The molecular formula is C22H26N4O4S. The number of sulfonamides is 1. The van der Waals surface area contributed by atoms with E-state index in [4.69, 9.17) is 4.74 Å². The zero-order chi connectivity index (χ0) is 22.6. The zero-order valence-electron chi connectivity index (χ0n) is 17.9. The molecule has 0 aliphatic heterocycles. The molecule has 31 heavy (non-hydrogen) atoms. The first-order valence-corrected chi connectivity index (χ1v) is 11.2. The van der Waals surface area contributed by atoms with Gasteiger partial charge >= 0.3 is 0 Å². The summed E-state index contributed by atoms with van der Waals surface area (Å²) in [6, 6.07) is 13.4. The topological polar surface area (TPSA) is 102 Å². The molecule has 1 unspecified atom stereocenters. The number of ether oxygens (including phenoxy) is 1. The molecule has 0 radical (unpaired) electrons. The number of rotatable bonds is 8. The molecule has 1 aromatic heterocycles.